The van der Waals surface area contributed by atoms with Crippen molar-refractivity contribution in [2.75, 3.05) is 0 Å². The zero-order valence-corrected chi connectivity index (χ0v) is 15.3. The third-order valence-corrected chi connectivity index (χ3v) is 6.54. The third-order valence-electron chi connectivity index (χ3n) is 3.98. The van der Waals surface area contributed by atoms with Crippen LogP contribution in [-0.2, 0) is 0 Å². The molecule has 0 radical (unpaired) electrons. The number of fused-ring (bicyclic) bond motifs is 1. The standard InChI is InChI=1S/C22H14O2S2/c23-20(15-9-3-1-4-10-15)19(21(24)16-11-5-2-6-12-16)22-25-17-13-7-8-14-18(17)26-22/h1-14H. The van der Waals surface area contributed by atoms with E-state index in [1.54, 1.807) is 24.3 Å². The summed E-state index contributed by atoms with van der Waals surface area (Å²) in [7, 11) is 0. The molecular weight excluding hydrogens is 360 g/mol. The van der Waals surface area contributed by atoms with Crippen molar-refractivity contribution in [2.45, 2.75) is 9.79 Å². The van der Waals surface area contributed by atoms with Gasteiger partial charge in [-0.25, -0.2) is 0 Å². The Bertz CT molecular complexity index is 928. The second-order valence-electron chi connectivity index (χ2n) is 5.70. The van der Waals surface area contributed by atoms with Crippen molar-refractivity contribution in [3.63, 3.8) is 0 Å². The van der Waals surface area contributed by atoms with Gasteiger partial charge in [0.25, 0.3) is 0 Å². The fourth-order valence-electron chi connectivity index (χ4n) is 2.70. The normalized spacial score (nSPS) is 12.5. The zero-order chi connectivity index (χ0) is 17.9. The van der Waals surface area contributed by atoms with Gasteiger partial charge >= 0.3 is 0 Å². The van der Waals surface area contributed by atoms with Crippen LogP contribution < -0.4 is 0 Å². The van der Waals surface area contributed by atoms with Crippen LogP contribution in [0.25, 0.3) is 0 Å². The fraction of sp³-hybridized carbons (Fsp3) is 0. The maximum Gasteiger partial charge on any atom is 0.198 e. The molecule has 0 saturated carbocycles. The number of rotatable bonds is 4. The van der Waals surface area contributed by atoms with Crippen LogP contribution in [0.3, 0.4) is 0 Å². The molecule has 3 aromatic carbocycles. The highest BCUT2D eigenvalue weighted by molar-refractivity contribution is 8.24. The first-order valence-corrected chi connectivity index (χ1v) is 9.76. The average Bonchev–Trinajstić information content (AvgIpc) is 3.13. The van der Waals surface area contributed by atoms with E-state index in [0.29, 0.717) is 11.1 Å². The van der Waals surface area contributed by atoms with E-state index in [4.69, 9.17) is 0 Å². The maximum atomic E-state index is 13.2. The molecule has 126 valence electrons. The summed E-state index contributed by atoms with van der Waals surface area (Å²) >= 11 is 2.98. The van der Waals surface area contributed by atoms with Crippen LogP contribution in [0.15, 0.2) is 105 Å². The second kappa shape index (κ2) is 7.36. The van der Waals surface area contributed by atoms with Crippen molar-refractivity contribution in [3.8, 4) is 0 Å². The highest BCUT2D eigenvalue weighted by Gasteiger charge is 2.30. The summed E-state index contributed by atoms with van der Waals surface area (Å²) in [5.41, 5.74) is 1.29. The van der Waals surface area contributed by atoms with E-state index in [1.807, 2.05) is 60.7 Å². The molecule has 4 heteroatoms. The number of hydrogen-bond donors (Lipinski definition) is 0. The SMILES string of the molecule is O=C(C(C(=O)c1ccccc1)=C1Sc2ccccc2S1)c1ccccc1. The van der Waals surface area contributed by atoms with Gasteiger partial charge in [-0.05, 0) is 12.1 Å². The first kappa shape index (κ1) is 16.9. The molecule has 0 atom stereocenters. The maximum absolute atomic E-state index is 13.2. The molecule has 1 aliphatic heterocycles. The summed E-state index contributed by atoms with van der Waals surface area (Å²) in [5, 5.41) is 0. The van der Waals surface area contributed by atoms with Gasteiger partial charge in [0.1, 0.15) is 0 Å². The molecule has 2 nitrogen and oxygen atoms in total. The lowest BCUT2D eigenvalue weighted by atomic mass is 9.97. The third kappa shape index (κ3) is 3.26. The Morgan fingerprint density at radius 2 is 0.923 bits per heavy atom. The van der Waals surface area contributed by atoms with E-state index in [1.165, 1.54) is 23.5 Å². The number of thioether (sulfide) groups is 2. The summed E-state index contributed by atoms with van der Waals surface area (Å²) in [6.45, 7) is 0. The number of Topliss-reactive ketones (excluding diaryl/α,β-unsaturated/α-hetero) is 2. The van der Waals surface area contributed by atoms with Crippen LogP contribution >= 0.6 is 23.5 Å². The van der Waals surface area contributed by atoms with Gasteiger partial charge in [0.05, 0.1) is 9.81 Å². The Morgan fingerprint density at radius 1 is 0.538 bits per heavy atom. The van der Waals surface area contributed by atoms with Crippen LogP contribution in [0.4, 0.5) is 0 Å². The first-order valence-electron chi connectivity index (χ1n) is 8.12. The Labute approximate surface area is 160 Å². The predicted octanol–water partition coefficient (Wildman–Crippen LogP) is 5.86. The van der Waals surface area contributed by atoms with Gasteiger partial charge in [-0.1, -0.05) is 96.3 Å². The molecule has 0 spiro atoms. The minimum atomic E-state index is -0.234. The van der Waals surface area contributed by atoms with E-state index < -0.39 is 0 Å². The minimum absolute atomic E-state index is 0.234. The van der Waals surface area contributed by atoms with Gasteiger partial charge in [0, 0.05) is 20.9 Å². The van der Waals surface area contributed by atoms with Crippen LogP contribution in [0.1, 0.15) is 20.7 Å². The predicted molar refractivity (Wildman–Crippen MR) is 107 cm³/mol. The molecule has 0 saturated heterocycles. The monoisotopic (exact) mass is 374 g/mol. The fourth-order valence-corrected chi connectivity index (χ4v) is 5.26. The molecule has 0 aliphatic carbocycles. The molecule has 1 aliphatic rings. The Morgan fingerprint density at radius 3 is 1.35 bits per heavy atom. The molecule has 3 aromatic rings. The van der Waals surface area contributed by atoms with Crippen LogP contribution in [0.5, 0.6) is 0 Å². The minimum Gasteiger partial charge on any atom is -0.288 e. The molecule has 0 bridgehead atoms. The highest BCUT2D eigenvalue weighted by Crippen LogP contribution is 2.52. The van der Waals surface area contributed by atoms with Crippen molar-refractivity contribution in [2.24, 2.45) is 0 Å². The highest BCUT2D eigenvalue weighted by atomic mass is 32.2. The second-order valence-corrected chi connectivity index (χ2v) is 8.07. The Balaban J connectivity index is 1.82. The van der Waals surface area contributed by atoms with Gasteiger partial charge in [0.2, 0.25) is 0 Å². The van der Waals surface area contributed by atoms with Crippen LogP contribution in [0, 0.1) is 0 Å². The van der Waals surface area contributed by atoms with E-state index in [0.717, 1.165) is 14.0 Å². The van der Waals surface area contributed by atoms with E-state index in [-0.39, 0.29) is 17.1 Å². The first-order chi connectivity index (χ1) is 12.7. The molecule has 0 amide bonds. The van der Waals surface area contributed by atoms with Gasteiger partial charge in [-0.3, -0.25) is 9.59 Å². The van der Waals surface area contributed by atoms with Gasteiger partial charge in [-0.2, -0.15) is 0 Å². The molecular formula is C22H14O2S2. The van der Waals surface area contributed by atoms with E-state index in [2.05, 4.69) is 0 Å². The van der Waals surface area contributed by atoms with E-state index >= 15 is 0 Å². The van der Waals surface area contributed by atoms with Gasteiger partial charge in [0.15, 0.2) is 11.6 Å². The smallest absolute Gasteiger partial charge is 0.198 e. The quantitative estimate of drug-likeness (QED) is 0.248. The number of benzene rings is 3. The summed E-state index contributed by atoms with van der Waals surface area (Å²) in [5.74, 6) is -0.468. The topological polar surface area (TPSA) is 34.1 Å². The van der Waals surface area contributed by atoms with E-state index in [9.17, 15) is 9.59 Å². The molecule has 26 heavy (non-hydrogen) atoms. The van der Waals surface area contributed by atoms with Crippen molar-refractivity contribution >= 4 is 35.1 Å². The summed E-state index contributed by atoms with van der Waals surface area (Å²) in [6.07, 6.45) is 0. The summed E-state index contributed by atoms with van der Waals surface area (Å²) < 4.78 is 0.744. The van der Waals surface area contributed by atoms with Crippen molar-refractivity contribution in [1.29, 1.82) is 0 Å². The molecule has 1 heterocycles. The van der Waals surface area contributed by atoms with Crippen LogP contribution in [-0.4, -0.2) is 11.6 Å². The number of ketones is 2. The molecule has 0 aromatic heterocycles. The number of carbonyl (C=O) groups is 2. The number of allylic oxidation sites excluding steroid dienone is 1. The molecule has 0 unspecified atom stereocenters. The largest absolute Gasteiger partial charge is 0.288 e. The molecule has 0 N–H and O–H groups in total. The zero-order valence-electron chi connectivity index (χ0n) is 13.7. The Kier molecular flexibility index (Phi) is 4.78. The lowest BCUT2D eigenvalue weighted by Gasteiger charge is -2.09. The van der Waals surface area contributed by atoms with Crippen molar-refractivity contribution in [1.82, 2.24) is 0 Å². The average molecular weight is 374 g/mol. The molecule has 0 fully saturated rings. The Hall–Kier alpha value is -2.56. The van der Waals surface area contributed by atoms with Gasteiger partial charge < -0.3 is 0 Å². The van der Waals surface area contributed by atoms with Crippen molar-refractivity contribution < 1.29 is 9.59 Å². The summed E-state index contributed by atoms with van der Waals surface area (Å²) in [4.78, 5) is 28.5. The molecule has 4 rings (SSSR count). The van der Waals surface area contributed by atoms with Crippen LogP contribution in [0.2, 0.25) is 0 Å². The van der Waals surface area contributed by atoms with Crippen molar-refractivity contribution in [3.05, 3.63) is 106 Å². The lowest BCUT2D eigenvalue weighted by molar-refractivity contribution is 0.0962. The number of hydrogen-bond acceptors (Lipinski definition) is 4. The summed E-state index contributed by atoms with van der Waals surface area (Å²) in [6, 6.07) is 25.9. The van der Waals surface area contributed by atoms with Gasteiger partial charge in [-0.15, -0.1) is 0 Å². The lowest BCUT2D eigenvalue weighted by Crippen LogP contribution is -2.15. The number of carbonyl (C=O) groups excluding carboxylic acids is 2.